The molecule has 1 aliphatic rings. The molecule has 0 spiro atoms. The van der Waals surface area contributed by atoms with Gasteiger partial charge in [0.2, 0.25) is 0 Å². The lowest BCUT2D eigenvalue weighted by molar-refractivity contribution is -0.610. The van der Waals surface area contributed by atoms with Crippen LogP contribution in [0.25, 0.3) is 0 Å². The summed E-state index contributed by atoms with van der Waals surface area (Å²) in [5, 5.41) is 23.9. The van der Waals surface area contributed by atoms with Crippen LogP contribution < -0.4 is 0 Å². The third kappa shape index (κ3) is 3.38. The monoisotopic (exact) mass is 310 g/mol. The molecule has 0 atom stereocenters. The van der Waals surface area contributed by atoms with Crippen LogP contribution in [0.3, 0.4) is 0 Å². The molecule has 0 aliphatic heterocycles. The summed E-state index contributed by atoms with van der Waals surface area (Å²) >= 11 is 0. The largest absolute Gasteiger partial charge is 0.596 e. The van der Waals surface area contributed by atoms with Crippen molar-refractivity contribution in [3.8, 4) is 0 Å². The average Bonchev–Trinajstić information content (AvgIpc) is 2.37. The van der Waals surface area contributed by atoms with Crippen LogP contribution in [-0.2, 0) is 9.53 Å². The molecule has 0 aromatic rings. The summed E-state index contributed by atoms with van der Waals surface area (Å²) in [6.45, 7) is 11.4. The van der Waals surface area contributed by atoms with Crippen LogP contribution >= 0.6 is 0 Å². The molecule has 1 rings (SSSR count). The number of ketones is 1. The average molecular weight is 310 g/mol. The lowest BCUT2D eigenvalue weighted by Crippen LogP contribution is -2.45. The molecule has 0 radical (unpaired) electrons. The summed E-state index contributed by atoms with van der Waals surface area (Å²) in [5.41, 5.74) is -1.19. The highest BCUT2D eigenvalue weighted by Crippen LogP contribution is 2.41. The molecule has 1 N–H and O–H groups in total. The molecule has 0 amide bonds. The highest BCUT2D eigenvalue weighted by atomic mass is 16.6. The Balaban J connectivity index is 3.68. The predicted molar refractivity (Wildman–Crippen MR) is 82.5 cm³/mol. The molecule has 0 fully saturated rings. The summed E-state index contributed by atoms with van der Waals surface area (Å²) < 4.78 is 5.15. The second-order valence-electron chi connectivity index (χ2n) is 7.73. The van der Waals surface area contributed by atoms with E-state index in [0.29, 0.717) is 11.1 Å². The third-order valence-electron chi connectivity index (χ3n) is 3.71. The topological polar surface area (TPSA) is 85.0 Å². The first kappa shape index (κ1) is 18.4. The Kier molecular flexibility index (Phi) is 4.87. The molecule has 0 saturated carbocycles. The summed E-state index contributed by atoms with van der Waals surface area (Å²) in [4.78, 5) is 13.0. The highest BCUT2D eigenvalue weighted by molar-refractivity contribution is 6.11. The number of rotatable bonds is 3. The summed E-state index contributed by atoms with van der Waals surface area (Å²) in [5.74, 6) is -0.0851. The Morgan fingerprint density at radius 1 is 1.18 bits per heavy atom. The molecule has 0 saturated heterocycles. The second kappa shape index (κ2) is 5.83. The minimum Gasteiger partial charge on any atom is -0.596 e. The SMILES string of the molecule is COCC1(/[N+]([O-])=N/O)C=C(C(C)(C)C)C(=O)C(C(C)(C)C)=C1. The molecule has 6 heteroatoms. The summed E-state index contributed by atoms with van der Waals surface area (Å²) in [6.07, 6.45) is 3.11. The van der Waals surface area contributed by atoms with E-state index in [-0.39, 0.29) is 17.3 Å². The molecule has 6 nitrogen and oxygen atoms in total. The van der Waals surface area contributed by atoms with Crippen molar-refractivity contribution >= 4 is 5.78 Å². The third-order valence-corrected chi connectivity index (χ3v) is 3.71. The van der Waals surface area contributed by atoms with Gasteiger partial charge >= 0.3 is 0 Å². The maximum absolute atomic E-state index is 12.8. The van der Waals surface area contributed by atoms with Gasteiger partial charge in [0.1, 0.15) is 6.61 Å². The van der Waals surface area contributed by atoms with Gasteiger partial charge in [-0.1, -0.05) is 41.5 Å². The number of nitrogens with zero attached hydrogens (tertiary/aromatic N) is 2. The van der Waals surface area contributed by atoms with E-state index in [9.17, 15) is 10.0 Å². The minimum absolute atomic E-state index is 0.0208. The van der Waals surface area contributed by atoms with E-state index in [0.717, 1.165) is 0 Å². The van der Waals surface area contributed by atoms with Gasteiger partial charge in [-0.2, -0.15) is 0 Å². The van der Waals surface area contributed by atoms with Gasteiger partial charge < -0.3 is 15.2 Å². The number of allylic oxidation sites excluding steroid dienone is 2. The van der Waals surface area contributed by atoms with Crippen molar-refractivity contribution in [3.63, 3.8) is 0 Å². The first-order chi connectivity index (χ1) is 9.89. The number of carbonyl (C=O) groups is 1. The predicted octanol–water partition coefficient (Wildman–Crippen LogP) is 3.25. The van der Waals surface area contributed by atoms with Crippen LogP contribution in [0.15, 0.2) is 28.6 Å². The normalized spacial score (nSPS) is 19.8. The van der Waals surface area contributed by atoms with E-state index in [1.54, 1.807) is 12.2 Å². The second-order valence-corrected chi connectivity index (χ2v) is 7.73. The fraction of sp³-hybridized carbons (Fsp3) is 0.688. The van der Waals surface area contributed by atoms with Gasteiger partial charge in [-0.05, 0) is 15.7 Å². The van der Waals surface area contributed by atoms with E-state index >= 15 is 0 Å². The Morgan fingerprint density at radius 3 is 1.86 bits per heavy atom. The summed E-state index contributed by atoms with van der Waals surface area (Å²) in [6, 6.07) is 0. The number of hydrogen-bond acceptors (Lipinski definition) is 4. The number of hydroxylamine groups is 1. The molecule has 0 heterocycles. The lowest BCUT2D eigenvalue weighted by Gasteiger charge is -2.35. The minimum atomic E-state index is -1.33. The van der Waals surface area contributed by atoms with Gasteiger partial charge in [0, 0.05) is 30.4 Å². The fourth-order valence-corrected chi connectivity index (χ4v) is 2.50. The van der Waals surface area contributed by atoms with E-state index in [2.05, 4.69) is 5.28 Å². The van der Waals surface area contributed by atoms with Crippen LogP contribution in [-0.4, -0.2) is 35.1 Å². The van der Waals surface area contributed by atoms with Crippen molar-refractivity contribution < 1.29 is 19.6 Å². The van der Waals surface area contributed by atoms with Crippen LogP contribution in [0.2, 0.25) is 0 Å². The Labute approximate surface area is 131 Å². The number of methoxy groups -OCH3 is 1. The molecular weight excluding hydrogens is 284 g/mol. The number of Topliss-reactive ketones (excluding diaryl/α,β-unsaturated/α-hetero) is 1. The summed E-state index contributed by atoms with van der Waals surface area (Å²) in [7, 11) is 1.46. The number of hydrogen-bond donors (Lipinski definition) is 1. The lowest BCUT2D eigenvalue weighted by atomic mass is 9.69. The van der Waals surface area contributed by atoms with Gasteiger partial charge in [0.15, 0.2) is 11.1 Å². The molecule has 0 aromatic heterocycles. The molecule has 0 bridgehead atoms. The maximum Gasteiger partial charge on any atom is 0.263 e. The molecule has 0 unspecified atom stereocenters. The van der Waals surface area contributed by atoms with Crippen LogP contribution in [0.4, 0.5) is 0 Å². The van der Waals surface area contributed by atoms with Gasteiger partial charge in [-0.3, -0.25) is 4.79 Å². The van der Waals surface area contributed by atoms with E-state index in [4.69, 9.17) is 9.94 Å². The highest BCUT2D eigenvalue weighted by Gasteiger charge is 2.47. The zero-order chi connectivity index (χ0) is 17.3. The number of carbonyl (C=O) groups excluding carboxylic acids is 1. The Hall–Kier alpha value is -1.69. The quantitative estimate of drug-likeness (QED) is 0.492. The molecule has 124 valence electrons. The van der Waals surface area contributed by atoms with Crippen LogP contribution in [0.5, 0.6) is 0 Å². The maximum atomic E-state index is 12.8. The van der Waals surface area contributed by atoms with Gasteiger partial charge in [0.05, 0.1) is 0 Å². The Bertz CT molecular complexity index is 511. The van der Waals surface area contributed by atoms with Crippen molar-refractivity contribution in [2.24, 2.45) is 16.1 Å². The number of ether oxygens (including phenoxy) is 1. The molecule has 1 aliphatic carbocycles. The first-order valence-corrected chi connectivity index (χ1v) is 7.22. The van der Waals surface area contributed by atoms with Crippen molar-refractivity contribution in [3.05, 3.63) is 28.5 Å². The van der Waals surface area contributed by atoms with E-state index in [1.807, 2.05) is 41.5 Å². The molecule has 0 aromatic carbocycles. The Morgan fingerprint density at radius 2 is 1.59 bits per heavy atom. The van der Waals surface area contributed by atoms with Gasteiger partial charge in [-0.25, -0.2) is 0 Å². The van der Waals surface area contributed by atoms with Gasteiger partial charge in [-0.15, -0.1) is 0 Å². The first-order valence-electron chi connectivity index (χ1n) is 7.22. The van der Waals surface area contributed by atoms with Crippen molar-refractivity contribution in [2.45, 2.75) is 47.1 Å². The fourth-order valence-electron chi connectivity index (χ4n) is 2.50. The van der Waals surface area contributed by atoms with Crippen LogP contribution in [0, 0.1) is 16.0 Å². The molecule has 22 heavy (non-hydrogen) atoms. The standard InChI is InChI=1S/C16H26N2O4/c1-14(2,3)11-8-16(10-22-7,18(21)17-20)9-12(13(11)19)15(4,5)6/h8-9,20H,10H2,1-7H3/b18-17-. The zero-order valence-corrected chi connectivity index (χ0v) is 14.4. The van der Waals surface area contributed by atoms with Crippen molar-refractivity contribution in [1.29, 1.82) is 0 Å². The van der Waals surface area contributed by atoms with E-state index < -0.39 is 16.4 Å². The smallest absolute Gasteiger partial charge is 0.263 e. The van der Waals surface area contributed by atoms with E-state index in [1.165, 1.54) is 7.11 Å². The van der Waals surface area contributed by atoms with Gasteiger partial charge in [0.25, 0.3) is 5.54 Å². The molecular formula is C16H26N2O4. The zero-order valence-electron chi connectivity index (χ0n) is 14.4. The van der Waals surface area contributed by atoms with Crippen LogP contribution in [0.1, 0.15) is 41.5 Å². The van der Waals surface area contributed by atoms with Crippen molar-refractivity contribution in [2.75, 3.05) is 13.7 Å². The van der Waals surface area contributed by atoms with Crippen molar-refractivity contribution in [1.82, 2.24) is 0 Å².